The first kappa shape index (κ1) is 19.8. The number of amides is 1. The number of halogens is 1. The van der Waals surface area contributed by atoms with Gasteiger partial charge in [-0.2, -0.15) is 4.98 Å². The van der Waals surface area contributed by atoms with Gasteiger partial charge in [-0.1, -0.05) is 36.2 Å². The van der Waals surface area contributed by atoms with Crippen LogP contribution in [0.15, 0.2) is 53.2 Å². The van der Waals surface area contributed by atoms with Gasteiger partial charge in [-0.25, -0.2) is 4.39 Å². The van der Waals surface area contributed by atoms with Gasteiger partial charge < -0.3 is 9.42 Å². The number of hydrogen-bond acceptors (Lipinski definition) is 5. The number of benzene rings is 1. The summed E-state index contributed by atoms with van der Waals surface area (Å²) in [5.41, 5.74) is 1.18. The van der Waals surface area contributed by atoms with Crippen molar-refractivity contribution in [3.8, 4) is 11.6 Å². The molecule has 5 rings (SSSR count). The minimum Gasteiger partial charge on any atom is -0.341 e. The Hall–Kier alpha value is -3.09. The molecule has 1 atom stereocenters. The summed E-state index contributed by atoms with van der Waals surface area (Å²) in [6.45, 7) is 1.31. The van der Waals surface area contributed by atoms with Crippen LogP contribution in [0.5, 0.6) is 0 Å². The minimum atomic E-state index is -0.297. The van der Waals surface area contributed by atoms with Crippen molar-refractivity contribution in [2.45, 2.75) is 43.9 Å². The van der Waals surface area contributed by atoms with Gasteiger partial charge in [0.1, 0.15) is 11.5 Å². The van der Waals surface area contributed by atoms with Gasteiger partial charge >= 0.3 is 0 Å². The van der Waals surface area contributed by atoms with E-state index in [1.807, 2.05) is 23.1 Å². The molecule has 31 heavy (non-hydrogen) atoms. The summed E-state index contributed by atoms with van der Waals surface area (Å²) in [5.74, 6) is 1.52. The summed E-state index contributed by atoms with van der Waals surface area (Å²) in [5, 5.41) is 4.35. The first-order valence-electron chi connectivity index (χ1n) is 10.9. The highest BCUT2D eigenvalue weighted by molar-refractivity contribution is 5.79. The lowest BCUT2D eigenvalue weighted by Gasteiger charge is -2.41. The molecule has 2 aliphatic rings. The maximum absolute atomic E-state index is 13.2. The molecule has 1 aliphatic heterocycles. The Morgan fingerprint density at radius 3 is 2.77 bits per heavy atom. The molecule has 1 aliphatic carbocycles. The second kappa shape index (κ2) is 8.21. The molecule has 1 saturated heterocycles. The van der Waals surface area contributed by atoms with Crippen molar-refractivity contribution >= 4 is 5.91 Å². The topological polar surface area (TPSA) is 72.1 Å². The molecule has 1 unspecified atom stereocenters. The summed E-state index contributed by atoms with van der Waals surface area (Å²) in [6, 6.07) is 11.7. The number of hydrogen-bond donors (Lipinski definition) is 0. The summed E-state index contributed by atoms with van der Waals surface area (Å²) in [6.07, 6.45) is 7.21. The number of pyridine rings is 1. The molecule has 2 fully saturated rings. The zero-order valence-electron chi connectivity index (χ0n) is 17.3. The molecule has 0 N–H and O–H groups in total. The van der Waals surface area contributed by atoms with Crippen molar-refractivity contribution < 1.29 is 13.7 Å². The Morgan fingerprint density at radius 2 is 2.03 bits per heavy atom. The van der Waals surface area contributed by atoms with Gasteiger partial charge in [0.25, 0.3) is 5.89 Å². The Kier molecular flexibility index (Phi) is 5.26. The van der Waals surface area contributed by atoms with Crippen LogP contribution in [0.3, 0.4) is 0 Å². The molecule has 1 saturated carbocycles. The van der Waals surface area contributed by atoms with Crippen LogP contribution in [0.4, 0.5) is 4.39 Å². The second-order valence-electron chi connectivity index (χ2n) is 8.79. The van der Waals surface area contributed by atoms with E-state index in [1.54, 1.807) is 18.3 Å². The van der Waals surface area contributed by atoms with Crippen LogP contribution in [-0.4, -0.2) is 39.0 Å². The zero-order valence-corrected chi connectivity index (χ0v) is 17.3. The highest BCUT2D eigenvalue weighted by Gasteiger charge is 2.45. The molecule has 7 heteroatoms. The van der Waals surface area contributed by atoms with Crippen molar-refractivity contribution in [3.63, 3.8) is 0 Å². The summed E-state index contributed by atoms with van der Waals surface area (Å²) in [4.78, 5) is 24.0. The third-order valence-corrected chi connectivity index (χ3v) is 6.36. The number of rotatable bonds is 6. The van der Waals surface area contributed by atoms with Crippen molar-refractivity contribution in [1.29, 1.82) is 0 Å². The Labute approximate surface area is 180 Å². The van der Waals surface area contributed by atoms with E-state index in [4.69, 9.17) is 9.51 Å². The maximum atomic E-state index is 13.2. The van der Waals surface area contributed by atoms with E-state index in [2.05, 4.69) is 10.1 Å². The Balaban J connectivity index is 1.38. The summed E-state index contributed by atoms with van der Waals surface area (Å²) >= 11 is 0. The summed E-state index contributed by atoms with van der Waals surface area (Å²) < 4.78 is 18.8. The van der Waals surface area contributed by atoms with Gasteiger partial charge in [0.05, 0.1) is 11.8 Å². The average molecular weight is 420 g/mol. The quantitative estimate of drug-likeness (QED) is 0.598. The summed E-state index contributed by atoms with van der Waals surface area (Å²) in [7, 11) is 0. The molecule has 1 aromatic carbocycles. The highest BCUT2D eigenvalue weighted by atomic mass is 19.1. The van der Waals surface area contributed by atoms with Gasteiger partial charge in [-0.15, -0.1) is 0 Å². The van der Waals surface area contributed by atoms with Crippen LogP contribution in [0.2, 0.25) is 0 Å². The van der Waals surface area contributed by atoms with Crippen LogP contribution >= 0.6 is 0 Å². The number of carbonyl (C=O) groups excluding carboxylic acids is 1. The molecule has 6 nitrogen and oxygen atoms in total. The Morgan fingerprint density at radius 1 is 1.19 bits per heavy atom. The predicted octanol–water partition coefficient (Wildman–Crippen LogP) is 4.17. The Bertz CT molecular complexity index is 1050. The molecule has 2 aromatic heterocycles. The van der Waals surface area contributed by atoms with E-state index in [-0.39, 0.29) is 23.6 Å². The van der Waals surface area contributed by atoms with Crippen LogP contribution < -0.4 is 0 Å². The van der Waals surface area contributed by atoms with Crippen molar-refractivity contribution in [3.05, 3.63) is 65.9 Å². The number of nitrogens with zero attached hydrogens (tertiary/aromatic N) is 4. The van der Waals surface area contributed by atoms with E-state index in [9.17, 15) is 9.18 Å². The van der Waals surface area contributed by atoms with Crippen LogP contribution in [0, 0.1) is 11.7 Å². The van der Waals surface area contributed by atoms with Gasteiger partial charge in [-0.3, -0.25) is 9.78 Å². The SMILES string of the molecule is O=C(Cc1ccc(F)cc1)N1CCCC(CC2CC2)(c2noc(-c3ccccn3)n2)C1. The van der Waals surface area contributed by atoms with Crippen LogP contribution in [0.25, 0.3) is 11.6 Å². The molecule has 0 bridgehead atoms. The first-order valence-corrected chi connectivity index (χ1v) is 10.9. The van der Waals surface area contributed by atoms with Gasteiger partial charge in [0.15, 0.2) is 5.82 Å². The van der Waals surface area contributed by atoms with E-state index in [0.29, 0.717) is 29.9 Å². The van der Waals surface area contributed by atoms with E-state index >= 15 is 0 Å². The molecule has 160 valence electrons. The standard InChI is InChI=1S/C24H25FN4O2/c25-19-9-7-17(8-10-19)14-21(30)29-13-3-11-24(16-29,15-18-5-6-18)23-27-22(31-28-23)20-4-1-2-12-26-20/h1-2,4,7-10,12,18H,3,5-6,11,13-16H2. The fraction of sp³-hybridized carbons (Fsp3) is 0.417. The predicted molar refractivity (Wildman–Crippen MR) is 112 cm³/mol. The third kappa shape index (κ3) is 4.36. The van der Waals surface area contributed by atoms with Gasteiger partial charge in [0.2, 0.25) is 5.91 Å². The minimum absolute atomic E-state index is 0.0555. The number of carbonyl (C=O) groups is 1. The number of piperidine rings is 1. The molecular weight excluding hydrogens is 395 g/mol. The number of aromatic nitrogens is 3. The molecule has 0 spiro atoms. The molecule has 0 radical (unpaired) electrons. The van der Waals surface area contributed by atoms with Crippen molar-refractivity contribution in [1.82, 2.24) is 20.0 Å². The highest BCUT2D eigenvalue weighted by Crippen LogP contribution is 2.46. The van der Waals surface area contributed by atoms with Gasteiger partial charge in [0, 0.05) is 19.3 Å². The lowest BCUT2D eigenvalue weighted by Crippen LogP contribution is -2.49. The first-order chi connectivity index (χ1) is 15.1. The van der Waals surface area contributed by atoms with Gasteiger partial charge in [-0.05, 0) is 55.0 Å². The second-order valence-corrected chi connectivity index (χ2v) is 8.79. The maximum Gasteiger partial charge on any atom is 0.276 e. The van der Waals surface area contributed by atoms with Crippen LogP contribution in [-0.2, 0) is 16.6 Å². The molecule has 3 heterocycles. The smallest absolute Gasteiger partial charge is 0.276 e. The van der Waals surface area contributed by atoms with Crippen molar-refractivity contribution in [2.24, 2.45) is 5.92 Å². The lowest BCUT2D eigenvalue weighted by atomic mass is 9.74. The molecule has 3 aromatic rings. The monoisotopic (exact) mass is 420 g/mol. The fourth-order valence-electron chi connectivity index (χ4n) is 4.58. The molecular formula is C24H25FN4O2. The van der Waals surface area contributed by atoms with Crippen molar-refractivity contribution in [2.75, 3.05) is 13.1 Å². The van der Waals surface area contributed by atoms with E-state index in [0.717, 1.165) is 31.4 Å². The molecule has 1 amide bonds. The third-order valence-electron chi connectivity index (χ3n) is 6.36. The van der Waals surface area contributed by atoms with Crippen LogP contribution in [0.1, 0.15) is 43.5 Å². The zero-order chi connectivity index (χ0) is 21.3. The largest absolute Gasteiger partial charge is 0.341 e. The average Bonchev–Trinajstić information content (AvgIpc) is 3.46. The van der Waals surface area contributed by atoms with E-state index < -0.39 is 0 Å². The normalized spacial score (nSPS) is 21.3. The fourth-order valence-corrected chi connectivity index (χ4v) is 4.58. The number of likely N-dealkylation sites (tertiary alicyclic amines) is 1. The van der Waals surface area contributed by atoms with E-state index in [1.165, 1.54) is 25.0 Å². The lowest BCUT2D eigenvalue weighted by molar-refractivity contribution is -0.133.